The number of halogens is 2. The van der Waals surface area contributed by atoms with E-state index in [9.17, 15) is 8.78 Å². The van der Waals surface area contributed by atoms with Gasteiger partial charge >= 0.3 is 0 Å². The first kappa shape index (κ1) is 22.5. The van der Waals surface area contributed by atoms with E-state index < -0.39 is 11.7 Å². The molecule has 0 bridgehead atoms. The summed E-state index contributed by atoms with van der Waals surface area (Å²) < 4.78 is 27.3. The first-order valence-corrected chi connectivity index (χ1v) is 10.2. The van der Waals surface area contributed by atoms with Crippen LogP contribution < -0.4 is 5.32 Å². The molecule has 1 aromatic heterocycles. The third-order valence-electron chi connectivity index (χ3n) is 5.57. The van der Waals surface area contributed by atoms with Gasteiger partial charge in [-0.2, -0.15) is 0 Å². The van der Waals surface area contributed by atoms with Crippen molar-refractivity contribution in [3.63, 3.8) is 0 Å². The second-order valence-electron chi connectivity index (χ2n) is 8.35. The molecule has 3 rings (SSSR count). The van der Waals surface area contributed by atoms with Crippen LogP contribution in [-0.2, 0) is 0 Å². The molecule has 162 valence electrons. The first-order chi connectivity index (χ1) is 14.6. The maximum Gasteiger partial charge on any atom is 0.144 e. The highest BCUT2D eigenvalue weighted by molar-refractivity contribution is 6.14. The van der Waals surface area contributed by atoms with Crippen LogP contribution in [0.15, 0.2) is 71.0 Å². The molecule has 1 N–H and O–H groups in total. The summed E-state index contributed by atoms with van der Waals surface area (Å²) in [6, 6.07) is 6.13. The van der Waals surface area contributed by atoms with E-state index >= 15 is 0 Å². The molecule has 0 unspecified atom stereocenters. The molecule has 0 fully saturated rings. The summed E-state index contributed by atoms with van der Waals surface area (Å²) in [5, 5.41) is 2.92. The Bertz CT molecular complexity index is 1090. The highest BCUT2D eigenvalue weighted by atomic mass is 19.1. The van der Waals surface area contributed by atoms with Crippen molar-refractivity contribution in [2.24, 2.45) is 10.4 Å². The fourth-order valence-corrected chi connectivity index (χ4v) is 3.43. The summed E-state index contributed by atoms with van der Waals surface area (Å²) in [6.07, 6.45) is 4.44. The van der Waals surface area contributed by atoms with E-state index in [1.165, 1.54) is 19.9 Å². The first-order valence-electron chi connectivity index (χ1n) is 10.2. The van der Waals surface area contributed by atoms with E-state index in [0.717, 1.165) is 40.2 Å². The number of rotatable bonds is 6. The van der Waals surface area contributed by atoms with Gasteiger partial charge in [0.2, 0.25) is 0 Å². The summed E-state index contributed by atoms with van der Waals surface area (Å²) >= 11 is 0. The molecule has 2 aromatic rings. The maximum atomic E-state index is 13.8. The predicted octanol–water partition coefficient (Wildman–Crippen LogP) is 6.37. The molecule has 31 heavy (non-hydrogen) atoms. The van der Waals surface area contributed by atoms with Crippen LogP contribution in [0.4, 0.5) is 14.6 Å². The van der Waals surface area contributed by atoms with Gasteiger partial charge in [0.1, 0.15) is 17.5 Å². The summed E-state index contributed by atoms with van der Waals surface area (Å²) in [4.78, 5) is 13.5. The van der Waals surface area contributed by atoms with Crippen molar-refractivity contribution in [3.8, 4) is 11.3 Å². The van der Waals surface area contributed by atoms with E-state index in [0.29, 0.717) is 5.82 Å². The molecule has 1 aliphatic rings. The van der Waals surface area contributed by atoms with Crippen LogP contribution in [-0.4, -0.2) is 28.8 Å². The zero-order valence-electron chi connectivity index (χ0n) is 18.7. The van der Waals surface area contributed by atoms with E-state index in [1.54, 1.807) is 12.4 Å². The predicted molar refractivity (Wildman–Crippen MR) is 124 cm³/mol. The molecule has 0 aliphatic carbocycles. The molecular weight excluding hydrogens is 394 g/mol. The lowest BCUT2D eigenvalue weighted by atomic mass is 9.83. The Labute approximate surface area is 182 Å². The van der Waals surface area contributed by atoms with Gasteiger partial charge in [0.25, 0.3) is 0 Å². The number of aliphatic imine (C=N–C) groups is 1. The van der Waals surface area contributed by atoms with Crippen LogP contribution in [0.3, 0.4) is 0 Å². The number of nitrogens with zero attached hydrogens (tertiary/aromatic N) is 3. The van der Waals surface area contributed by atoms with Crippen LogP contribution in [0, 0.1) is 12.3 Å². The van der Waals surface area contributed by atoms with Crippen molar-refractivity contribution in [2.75, 3.05) is 18.4 Å². The second kappa shape index (κ2) is 8.92. The SMILES string of the molecule is C=C1C(c2ccc(-c3cnc(NCC(/C(F)=C\C)=C(/C)F)cn3)c(C)c2)=NCC1(C)C. The van der Waals surface area contributed by atoms with Crippen LogP contribution in [0.5, 0.6) is 0 Å². The zero-order valence-corrected chi connectivity index (χ0v) is 18.7. The molecule has 2 heterocycles. The lowest BCUT2D eigenvalue weighted by molar-refractivity contribution is 0.502. The molecule has 0 saturated heterocycles. The quantitative estimate of drug-likeness (QED) is 0.551. The van der Waals surface area contributed by atoms with Crippen molar-refractivity contribution < 1.29 is 8.78 Å². The van der Waals surface area contributed by atoms with Crippen LogP contribution in [0.1, 0.15) is 38.8 Å². The summed E-state index contributed by atoms with van der Waals surface area (Å²) in [5.41, 5.74) is 5.77. The van der Waals surface area contributed by atoms with E-state index in [4.69, 9.17) is 0 Å². The smallest absolute Gasteiger partial charge is 0.144 e. The Morgan fingerprint density at radius 3 is 2.48 bits per heavy atom. The van der Waals surface area contributed by atoms with Crippen LogP contribution in [0.25, 0.3) is 11.3 Å². The standard InChI is InChI=1S/C25H28F2N4/c1-7-21(27)20(17(4)26)11-29-23-13-28-22(12-30-23)19-9-8-18(10-15(19)2)24-16(3)25(5,6)14-31-24/h7-10,12-13H,3,11,14H2,1-2,4-6H3,(H,29,30)/b20-17+,21-7+. The summed E-state index contributed by atoms with van der Waals surface area (Å²) in [7, 11) is 0. The molecule has 1 aliphatic heterocycles. The minimum absolute atomic E-state index is 0.0113. The minimum atomic E-state index is -0.592. The Hall–Kier alpha value is -3.15. The van der Waals surface area contributed by atoms with E-state index in [1.807, 2.05) is 19.1 Å². The van der Waals surface area contributed by atoms with Gasteiger partial charge in [-0.05, 0) is 38.0 Å². The van der Waals surface area contributed by atoms with Gasteiger partial charge in [-0.1, -0.05) is 38.6 Å². The van der Waals surface area contributed by atoms with Gasteiger partial charge < -0.3 is 5.32 Å². The summed E-state index contributed by atoms with van der Waals surface area (Å²) in [6.45, 7) is 14.0. The Balaban J connectivity index is 1.76. The Morgan fingerprint density at radius 1 is 1.23 bits per heavy atom. The molecule has 6 heteroatoms. The average molecular weight is 423 g/mol. The van der Waals surface area contributed by atoms with Crippen LogP contribution >= 0.6 is 0 Å². The van der Waals surface area contributed by atoms with E-state index in [2.05, 4.69) is 46.8 Å². The third-order valence-corrected chi connectivity index (χ3v) is 5.57. The molecule has 0 atom stereocenters. The second-order valence-corrected chi connectivity index (χ2v) is 8.35. The lowest BCUT2D eigenvalue weighted by Gasteiger charge is -2.18. The molecule has 0 saturated carbocycles. The van der Waals surface area contributed by atoms with Gasteiger partial charge in [-0.15, -0.1) is 0 Å². The maximum absolute atomic E-state index is 13.8. The van der Waals surface area contributed by atoms with Crippen molar-refractivity contribution >= 4 is 11.5 Å². The molecule has 1 aromatic carbocycles. The zero-order chi connectivity index (χ0) is 22.8. The third kappa shape index (κ3) is 4.79. The molecule has 0 radical (unpaired) electrons. The largest absolute Gasteiger partial charge is 0.365 e. The van der Waals surface area contributed by atoms with E-state index in [-0.39, 0.29) is 17.5 Å². The minimum Gasteiger partial charge on any atom is -0.365 e. The van der Waals surface area contributed by atoms with Gasteiger partial charge in [0.15, 0.2) is 0 Å². The number of hydrogen-bond acceptors (Lipinski definition) is 4. The number of hydrogen-bond donors (Lipinski definition) is 1. The van der Waals surface area contributed by atoms with Crippen molar-refractivity contribution in [2.45, 2.75) is 34.6 Å². The normalized spacial score (nSPS) is 16.8. The fourth-order valence-electron chi connectivity index (χ4n) is 3.43. The number of anilines is 1. The highest BCUT2D eigenvalue weighted by Crippen LogP contribution is 2.35. The lowest BCUT2D eigenvalue weighted by Crippen LogP contribution is -2.16. The molecular formula is C25H28F2N4. The fraction of sp³-hybridized carbons (Fsp3) is 0.320. The Morgan fingerprint density at radius 2 is 1.97 bits per heavy atom. The van der Waals surface area contributed by atoms with Gasteiger partial charge in [-0.3, -0.25) is 9.98 Å². The number of allylic oxidation sites excluding steroid dienone is 2. The Kier molecular flexibility index (Phi) is 6.48. The number of aryl methyl sites for hydroxylation is 1. The topological polar surface area (TPSA) is 50.2 Å². The molecule has 0 amide bonds. The molecule has 0 spiro atoms. The monoisotopic (exact) mass is 422 g/mol. The number of aromatic nitrogens is 2. The highest BCUT2D eigenvalue weighted by Gasteiger charge is 2.31. The van der Waals surface area contributed by atoms with Crippen molar-refractivity contribution in [1.29, 1.82) is 0 Å². The van der Waals surface area contributed by atoms with Gasteiger partial charge in [0.05, 0.1) is 23.8 Å². The number of benzene rings is 1. The van der Waals surface area contributed by atoms with Crippen molar-refractivity contribution in [3.05, 3.63) is 77.2 Å². The average Bonchev–Trinajstić information content (AvgIpc) is 3.01. The van der Waals surface area contributed by atoms with Crippen molar-refractivity contribution in [1.82, 2.24) is 9.97 Å². The van der Waals surface area contributed by atoms with Crippen LogP contribution in [0.2, 0.25) is 0 Å². The van der Waals surface area contributed by atoms with Gasteiger partial charge in [-0.25, -0.2) is 13.8 Å². The van der Waals surface area contributed by atoms with Gasteiger partial charge in [0, 0.05) is 35.2 Å². The number of nitrogens with one attached hydrogen (secondary N) is 1. The summed E-state index contributed by atoms with van der Waals surface area (Å²) in [5.74, 6) is -0.716. The molecule has 4 nitrogen and oxygen atoms in total.